The quantitative estimate of drug-likeness (QED) is 0.402. The minimum Gasteiger partial charge on any atom is -0.434 e. The first-order valence-corrected chi connectivity index (χ1v) is 8.81. The van der Waals surface area contributed by atoms with Crippen LogP contribution in [0.3, 0.4) is 0 Å². The number of nitro groups is 1. The molecule has 0 aliphatic heterocycles. The second-order valence-electron chi connectivity index (χ2n) is 6.59. The summed E-state index contributed by atoms with van der Waals surface area (Å²) in [5, 5.41) is 13.9. The molecule has 0 spiro atoms. The van der Waals surface area contributed by atoms with Crippen molar-refractivity contribution in [1.82, 2.24) is 9.97 Å². The predicted molar refractivity (Wildman–Crippen MR) is 108 cm³/mol. The molecule has 0 unspecified atom stereocenters. The van der Waals surface area contributed by atoms with Gasteiger partial charge in [0.05, 0.1) is 4.92 Å². The van der Waals surface area contributed by atoms with Crippen molar-refractivity contribution in [3.05, 3.63) is 81.5 Å². The molecule has 2 aromatic heterocycles. The molecule has 0 saturated carbocycles. The molecule has 1 N–H and O–H groups in total. The van der Waals surface area contributed by atoms with Crippen molar-refractivity contribution in [3.8, 4) is 11.5 Å². The highest BCUT2D eigenvalue weighted by Crippen LogP contribution is 2.28. The largest absolute Gasteiger partial charge is 0.434 e. The number of amides is 1. The molecule has 29 heavy (non-hydrogen) atoms. The summed E-state index contributed by atoms with van der Waals surface area (Å²) >= 11 is 0. The number of benzene rings is 2. The Bertz CT molecular complexity index is 1230. The molecule has 2 aromatic carbocycles. The Morgan fingerprint density at radius 3 is 2.66 bits per heavy atom. The van der Waals surface area contributed by atoms with E-state index >= 15 is 0 Å². The minimum atomic E-state index is -0.501. The summed E-state index contributed by atoms with van der Waals surface area (Å²) in [6.07, 6.45) is 1.64. The highest BCUT2D eigenvalue weighted by molar-refractivity contribution is 6.05. The number of rotatable bonds is 4. The minimum absolute atomic E-state index is 0.0953. The first-order chi connectivity index (χ1) is 13.9. The van der Waals surface area contributed by atoms with Crippen LogP contribution in [0.1, 0.15) is 21.5 Å². The van der Waals surface area contributed by atoms with Gasteiger partial charge in [-0.3, -0.25) is 14.9 Å². The third-order valence-corrected chi connectivity index (χ3v) is 4.57. The number of oxazole rings is 1. The van der Waals surface area contributed by atoms with E-state index in [9.17, 15) is 14.9 Å². The Labute approximate surface area is 165 Å². The fourth-order valence-electron chi connectivity index (χ4n) is 2.92. The molecule has 0 saturated heterocycles. The zero-order valence-electron chi connectivity index (χ0n) is 15.7. The van der Waals surface area contributed by atoms with Crippen LogP contribution in [0.4, 0.5) is 11.4 Å². The molecular weight excluding hydrogens is 372 g/mol. The van der Waals surface area contributed by atoms with Gasteiger partial charge in [0, 0.05) is 34.6 Å². The van der Waals surface area contributed by atoms with Crippen LogP contribution in [0.25, 0.3) is 22.7 Å². The molecular formula is C21H16N4O4. The number of hydrogen-bond acceptors (Lipinski definition) is 6. The van der Waals surface area contributed by atoms with Crippen molar-refractivity contribution in [2.75, 3.05) is 5.32 Å². The molecule has 0 fully saturated rings. The van der Waals surface area contributed by atoms with E-state index < -0.39 is 10.8 Å². The number of carbonyl (C=O) groups excluding carboxylic acids is 1. The average molecular weight is 388 g/mol. The third kappa shape index (κ3) is 3.55. The molecule has 1 amide bonds. The van der Waals surface area contributed by atoms with E-state index in [4.69, 9.17) is 4.42 Å². The van der Waals surface area contributed by atoms with Gasteiger partial charge < -0.3 is 9.73 Å². The molecule has 0 aliphatic rings. The zero-order chi connectivity index (χ0) is 20.5. The van der Waals surface area contributed by atoms with E-state index in [1.54, 1.807) is 43.5 Å². The Balaban J connectivity index is 1.65. The summed E-state index contributed by atoms with van der Waals surface area (Å²) < 4.78 is 5.73. The SMILES string of the molecule is Cc1ccc(-c2nc3ncccc3o2)cc1NC(=O)c1ccc(C)c([N+](=O)[O-])c1. The van der Waals surface area contributed by atoms with E-state index in [0.717, 1.165) is 5.56 Å². The Morgan fingerprint density at radius 1 is 1.10 bits per heavy atom. The van der Waals surface area contributed by atoms with Crippen LogP contribution in [0.15, 0.2) is 59.1 Å². The summed E-state index contributed by atoms with van der Waals surface area (Å²) in [5.74, 6) is -0.0484. The lowest BCUT2D eigenvalue weighted by Gasteiger charge is -2.10. The molecule has 2 heterocycles. The van der Waals surface area contributed by atoms with Gasteiger partial charge in [-0.15, -0.1) is 0 Å². The maximum atomic E-state index is 12.7. The monoisotopic (exact) mass is 388 g/mol. The number of aromatic nitrogens is 2. The van der Waals surface area contributed by atoms with Gasteiger partial charge in [-0.2, -0.15) is 4.98 Å². The van der Waals surface area contributed by atoms with Gasteiger partial charge in [0.25, 0.3) is 11.6 Å². The number of hydrogen-bond donors (Lipinski definition) is 1. The number of pyridine rings is 1. The molecule has 0 aliphatic carbocycles. The lowest BCUT2D eigenvalue weighted by atomic mass is 10.1. The number of anilines is 1. The van der Waals surface area contributed by atoms with E-state index in [-0.39, 0.29) is 11.3 Å². The van der Waals surface area contributed by atoms with Crippen LogP contribution in [0.5, 0.6) is 0 Å². The van der Waals surface area contributed by atoms with Crippen LogP contribution in [-0.4, -0.2) is 20.8 Å². The smallest absolute Gasteiger partial charge is 0.273 e. The normalized spacial score (nSPS) is 10.8. The number of aryl methyl sites for hydroxylation is 2. The third-order valence-electron chi connectivity index (χ3n) is 4.57. The van der Waals surface area contributed by atoms with Gasteiger partial charge in [-0.1, -0.05) is 12.1 Å². The molecule has 0 atom stereocenters. The van der Waals surface area contributed by atoms with Gasteiger partial charge >= 0.3 is 0 Å². The summed E-state index contributed by atoms with van der Waals surface area (Å²) in [6, 6.07) is 13.4. The van der Waals surface area contributed by atoms with Gasteiger partial charge in [0.2, 0.25) is 5.89 Å². The van der Waals surface area contributed by atoms with Gasteiger partial charge in [-0.05, 0) is 49.7 Å². The van der Waals surface area contributed by atoms with Crippen LogP contribution >= 0.6 is 0 Å². The lowest BCUT2D eigenvalue weighted by Crippen LogP contribution is -2.13. The van der Waals surface area contributed by atoms with Crippen LogP contribution in [0, 0.1) is 24.0 Å². The summed E-state index contributed by atoms with van der Waals surface area (Å²) in [7, 11) is 0. The number of fused-ring (bicyclic) bond motifs is 1. The number of nitrogens with one attached hydrogen (secondary N) is 1. The topological polar surface area (TPSA) is 111 Å². The first-order valence-electron chi connectivity index (χ1n) is 8.81. The van der Waals surface area contributed by atoms with E-state index in [0.29, 0.717) is 33.9 Å². The van der Waals surface area contributed by atoms with Gasteiger partial charge in [-0.25, -0.2) is 4.98 Å². The van der Waals surface area contributed by atoms with Crippen molar-refractivity contribution in [3.63, 3.8) is 0 Å². The number of nitro benzene ring substituents is 1. The van der Waals surface area contributed by atoms with Gasteiger partial charge in [0.1, 0.15) is 0 Å². The zero-order valence-corrected chi connectivity index (χ0v) is 15.7. The molecule has 0 bridgehead atoms. The summed E-state index contributed by atoms with van der Waals surface area (Å²) in [4.78, 5) is 31.8. The van der Waals surface area contributed by atoms with Crippen molar-refractivity contribution >= 4 is 28.5 Å². The van der Waals surface area contributed by atoms with Crippen molar-refractivity contribution in [2.24, 2.45) is 0 Å². The fraction of sp³-hybridized carbons (Fsp3) is 0.0952. The Morgan fingerprint density at radius 2 is 1.90 bits per heavy atom. The second-order valence-corrected chi connectivity index (χ2v) is 6.59. The summed E-state index contributed by atoms with van der Waals surface area (Å²) in [6.45, 7) is 3.48. The first kappa shape index (κ1) is 18.3. The lowest BCUT2D eigenvalue weighted by molar-refractivity contribution is -0.385. The Hall–Kier alpha value is -4.07. The Kier molecular flexibility index (Phi) is 4.52. The molecule has 144 valence electrons. The number of carbonyl (C=O) groups is 1. The maximum absolute atomic E-state index is 12.7. The fourth-order valence-corrected chi connectivity index (χ4v) is 2.92. The van der Waals surface area contributed by atoms with Crippen molar-refractivity contribution in [1.29, 1.82) is 0 Å². The number of nitrogens with zero attached hydrogens (tertiary/aromatic N) is 3. The maximum Gasteiger partial charge on any atom is 0.273 e. The van der Waals surface area contributed by atoms with E-state index in [2.05, 4.69) is 15.3 Å². The summed E-state index contributed by atoms with van der Waals surface area (Å²) in [5.41, 5.74) is 3.75. The molecule has 8 heteroatoms. The molecule has 8 nitrogen and oxygen atoms in total. The second kappa shape index (κ2) is 7.16. The highest BCUT2D eigenvalue weighted by Gasteiger charge is 2.16. The van der Waals surface area contributed by atoms with E-state index in [1.165, 1.54) is 6.07 Å². The van der Waals surface area contributed by atoms with Crippen LogP contribution in [0.2, 0.25) is 0 Å². The molecule has 4 aromatic rings. The standard InChI is InChI=1S/C21H16N4O4/c1-12-5-8-15(21-24-19-18(29-21)4-3-9-22-19)10-16(12)23-20(26)14-7-6-13(2)17(11-14)25(27)28/h3-11H,1-2H3,(H,23,26). The highest BCUT2D eigenvalue weighted by atomic mass is 16.6. The average Bonchev–Trinajstić information content (AvgIpc) is 3.14. The van der Waals surface area contributed by atoms with Gasteiger partial charge in [0.15, 0.2) is 11.2 Å². The van der Waals surface area contributed by atoms with E-state index in [1.807, 2.05) is 19.1 Å². The van der Waals surface area contributed by atoms with Crippen molar-refractivity contribution in [2.45, 2.75) is 13.8 Å². The van der Waals surface area contributed by atoms with Crippen LogP contribution in [-0.2, 0) is 0 Å². The van der Waals surface area contributed by atoms with Crippen LogP contribution < -0.4 is 5.32 Å². The van der Waals surface area contributed by atoms with Crippen molar-refractivity contribution < 1.29 is 14.1 Å². The predicted octanol–water partition coefficient (Wildman–Crippen LogP) is 4.67. The molecule has 0 radical (unpaired) electrons. The molecule has 4 rings (SSSR count).